The van der Waals surface area contributed by atoms with E-state index in [4.69, 9.17) is 5.73 Å². The topological polar surface area (TPSA) is 43.1 Å². The highest BCUT2D eigenvalue weighted by molar-refractivity contribution is 5.76. The second kappa shape index (κ2) is 3.31. The van der Waals surface area contributed by atoms with Gasteiger partial charge in [-0.25, -0.2) is 0 Å². The van der Waals surface area contributed by atoms with Crippen molar-refractivity contribution in [2.75, 3.05) is 0 Å². The zero-order valence-corrected chi connectivity index (χ0v) is 8.34. The number of carbonyl (C=O) groups is 1. The summed E-state index contributed by atoms with van der Waals surface area (Å²) in [5, 5.41) is 0. The number of alkyl halides is 3. The number of hydrogen-bond acceptors (Lipinski definition) is 2. The standard InChI is InChI=1S/C11H10F3NO/c12-11(13,14)9-4-7(6-16)3-8(5-9)10(15)1-2-10/h3-6H,1-2,15H2. The van der Waals surface area contributed by atoms with Crippen molar-refractivity contribution in [3.05, 3.63) is 34.9 Å². The van der Waals surface area contributed by atoms with E-state index in [0.717, 1.165) is 12.1 Å². The van der Waals surface area contributed by atoms with Gasteiger partial charge in [-0.15, -0.1) is 0 Å². The number of hydrogen-bond donors (Lipinski definition) is 1. The molecule has 2 nitrogen and oxygen atoms in total. The largest absolute Gasteiger partial charge is 0.416 e. The van der Waals surface area contributed by atoms with Gasteiger partial charge in [-0.3, -0.25) is 4.79 Å². The van der Waals surface area contributed by atoms with Crippen LogP contribution in [0.5, 0.6) is 0 Å². The lowest BCUT2D eigenvalue weighted by Crippen LogP contribution is -2.20. The second-order valence-electron chi connectivity index (χ2n) is 4.12. The average Bonchev–Trinajstić information content (AvgIpc) is 2.96. The molecule has 0 atom stereocenters. The van der Waals surface area contributed by atoms with Gasteiger partial charge in [-0.2, -0.15) is 13.2 Å². The van der Waals surface area contributed by atoms with Gasteiger partial charge in [0.2, 0.25) is 0 Å². The fraction of sp³-hybridized carbons (Fsp3) is 0.364. The van der Waals surface area contributed by atoms with Crippen LogP contribution in [0.15, 0.2) is 18.2 Å². The lowest BCUT2D eigenvalue weighted by Gasteiger charge is -2.14. The molecule has 1 fully saturated rings. The summed E-state index contributed by atoms with van der Waals surface area (Å²) < 4.78 is 37.6. The van der Waals surface area contributed by atoms with Crippen LogP contribution in [0, 0.1) is 0 Å². The summed E-state index contributed by atoms with van der Waals surface area (Å²) in [5.74, 6) is 0. The van der Waals surface area contributed by atoms with Gasteiger partial charge < -0.3 is 5.73 Å². The molecule has 0 heterocycles. The summed E-state index contributed by atoms with van der Waals surface area (Å²) >= 11 is 0. The van der Waals surface area contributed by atoms with Crippen molar-refractivity contribution in [2.45, 2.75) is 24.6 Å². The monoisotopic (exact) mass is 229 g/mol. The number of benzene rings is 1. The number of nitrogens with two attached hydrogens (primary N) is 1. The van der Waals surface area contributed by atoms with Crippen LogP contribution in [0.1, 0.15) is 34.3 Å². The number of rotatable bonds is 2. The third kappa shape index (κ3) is 1.95. The summed E-state index contributed by atoms with van der Waals surface area (Å²) in [6.45, 7) is 0. The van der Waals surface area contributed by atoms with Gasteiger partial charge in [0.1, 0.15) is 6.29 Å². The second-order valence-corrected chi connectivity index (χ2v) is 4.12. The van der Waals surface area contributed by atoms with Crippen LogP contribution < -0.4 is 5.73 Å². The van der Waals surface area contributed by atoms with Crippen molar-refractivity contribution in [1.29, 1.82) is 0 Å². The summed E-state index contributed by atoms with van der Waals surface area (Å²) in [5.41, 5.74) is 4.75. The predicted octanol–water partition coefficient (Wildman–Crippen LogP) is 2.47. The molecular weight excluding hydrogens is 219 g/mol. The van der Waals surface area contributed by atoms with Crippen molar-refractivity contribution in [3.8, 4) is 0 Å². The zero-order chi connectivity index (χ0) is 12.0. The number of halogens is 3. The first-order chi connectivity index (χ1) is 7.35. The third-order valence-corrected chi connectivity index (χ3v) is 2.78. The van der Waals surface area contributed by atoms with Crippen LogP contribution in [0.2, 0.25) is 0 Å². The maximum atomic E-state index is 12.5. The van der Waals surface area contributed by atoms with Gasteiger partial charge in [-0.1, -0.05) is 0 Å². The van der Waals surface area contributed by atoms with Crippen molar-refractivity contribution in [3.63, 3.8) is 0 Å². The van der Waals surface area contributed by atoms with E-state index >= 15 is 0 Å². The molecule has 1 aromatic carbocycles. The van der Waals surface area contributed by atoms with Crippen LogP contribution in [0.25, 0.3) is 0 Å². The minimum atomic E-state index is -4.45. The summed E-state index contributed by atoms with van der Waals surface area (Å²) in [7, 11) is 0. The van der Waals surface area contributed by atoms with E-state index in [9.17, 15) is 18.0 Å². The van der Waals surface area contributed by atoms with Crippen molar-refractivity contribution < 1.29 is 18.0 Å². The van der Waals surface area contributed by atoms with Gasteiger partial charge in [-0.05, 0) is 36.6 Å². The number of carbonyl (C=O) groups excluding carboxylic acids is 1. The highest BCUT2D eigenvalue weighted by atomic mass is 19.4. The van der Waals surface area contributed by atoms with E-state index < -0.39 is 17.3 Å². The summed E-state index contributed by atoms with van der Waals surface area (Å²) in [6.07, 6.45) is -2.72. The molecule has 0 unspecified atom stereocenters. The van der Waals surface area contributed by atoms with Gasteiger partial charge >= 0.3 is 6.18 Å². The van der Waals surface area contributed by atoms with Gasteiger partial charge in [0.05, 0.1) is 5.56 Å². The first-order valence-corrected chi connectivity index (χ1v) is 4.82. The Morgan fingerprint density at radius 3 is 2.31 bits per heavy atom. The zero-order valence-electron chi connectivity index (χ0n) is 8.34. The Kier molecular flexibility index (Phi) is 2.31. The van der Waals surface area contributed by atoms with Crippen molar-refractivity contribution >= 4 is 6.29 Å². The maximum absolute atomic E-state index is 12.5. The third-order valence-electron chi connectivity index (χ3n) is 2.78. The smallest absolute Gasteiger partial charge is 0.321 e. The van der Waals surface area contributed by atoms with Crippen LogP contribution in [0.4, 0.5) is 13.2 Å². The Morgan fingerprint density at radius 2 is 1.88 bits per heavy atom. The molecule has 2 rings (SSSR count). The summed E-state index contributed by atoms with van der Waals surface area (Å²) in [4.78, 5) is 10.6. The Bertz CT molecular complexity index is 412. The van der Waals surface area contributed by atoms with Crippen LogP contribution in [-0.4, -0.2) is 6.29 Å². The van der Waals surface area contributed by atoms with E-state index in [0.29, 0.717) is 24.7 Å². The average molecular weight is 229 g/mol. The molecule has 16 heavy (non-hydrogen) atoms. The molecule has 0 saturated heterocycles. The van der Waals surface area contributed by atoms with Crippen molar-refractivity contribution in [1.82, 2.24) is 0 Å². The molecule has 0 amide bonds. The predicted molar refractivity (Wildman–Crippen MR) is 51.9 cm³/mol. The quantitative estimate of drug-likeness (QED) is 0.791. The molecule has 0 aliphatic heterocycles. The molecule has 1 aliphatic carbocycles. The van der Waals surface area contributed by atoms with E-state index in [1.54, 1.807) is 0 Å². The minimum Gasteiger partial charge on any atom is -0.321 e. The molecule has 0 spiro atoms. The summed E-state index contributed by atoms with van der Waals surface area (Å²) in [6, 6.07) is 3.29. The molecular formula is C11H10F3NO. The molecule has 1 aromatic rings. The van der Waals surface area contributed by atoms with E-state index in [2.05, 4.69) is 0 Å². The highest BCUT2D eigenvalue weighted by Gasteiger charge is 2.42. The first-order valence-electron chi connectivity index (χ1n) is 4.82. The fourth-order valence-electron chi connectivity index (χ4n) is 1.59. The Labute approximate surface area is 90.2 Å². The maximum Gasteiger partial charge on any atom is 0.416 e. The molecule has 0 radical (unpaired) electrons. The Hall–Kier alpha value is -1.36. The molecule has 86 valence electrons. The SMILES string of the molecule is NC1(c2cc(C=O)cc(C(F)(F)F)c2)CC1. The van der Waals surface area contributed by atoms with Crippen LogP contribution in [0.3, 0.4) is 0 Å². The fourth-order valence-corrected chi connectivity index (χ4v) is 1.59. The van der Waals surface area contributed by atoms with Crippen LogP contribution >= 0.6 is 0 Å². The minimum absolute atomic E-state index is 0.0153. The van der Waals surface area contributed by atoms with Gasteiger partial charge in [0, 0.05) is 11.1 Å². The lowest BCUT2D eigenvalue weighted by atomic mass is 9.99. The van der Waals surface area contributed by atoms with Gasteiger partial charge in [0.25, 0.3) is 0 Å². The van der Waals surface area contributed by atoms with E-state index in [-0.39, 0.29) is 5.56 Å². The van der Waals surface area contributed by atoms with Crippen molar-refractivity contribution in [2.24, 2.45) is 5.73 Å². The number of aldehydes is 1. The molecule has 1 saturated carbocycles. The Balaban J connectivity index is 2.51. The van der Waals surface area contributed by atoms with Crippen LogP contribution in [-0.2, 0) is 11.7 Å². The molecule has 5 heteroatoms. The lowest BCUT2D eigenvalue weighted by molar-refractivity contribution is -0.137. The molecule has 0 bridgehead atoms. The highest BCUT2D eigenvalue weighted by Crippen LogP contribution is 2.44. The van der Waals surface area contributed by atoms with E-state index in [1.165, 1.54) is 6.07 Å². The van der Waals surface area contributed by atoms with Gasteiger partial charge in [0.15, 0.2) is 0 Å². The van der Waals surface area contributed by atoms with E-state index in [1.807, 2.05) is 0 Å². The molecule has 0 aromatic heterocycles. The Morgan fingerprint density at radius 1 is 1.25 bits per heavy atom. The molecule has 1 aliphatic rings. The first kappa shape index (κ1) is 11.1. The normalized spacial score (nSPS) is 18.2. The molecule has 2 N–H and O–H groups in total.